The quantitative estimate of drug-likeness (QED) is 0.260. The summed E-state index contributed by atoms with van der Waals surface area (Å²) in [6.45, 7) is 3.79. The van der Waals surface area contributed by atoms with Gasteiger partial charge in [-0.25, -0.2) is 0 Å². The topological polar surface area (TPSA) is 139 Å². The Kier molecular flexibility index (Phi) is 8.50. The normalized spacial score (nSPS) is 36.6. The molecule has 1 amide bonds. The molecule has 6 N–H and O–H groups in total. The fourth-order valence-corrected chi connectivity index (χ4v) is 2.07. The summed E-state index contributed by atoms with van der Waals surface area (Å²) >= 11 is 0. The van der Waals surface area contributed by atoms with E-state index in [0.717, 1.165) is 0 Å². The predicted molar refractivity (Wildman–Crippen MR) is 62.5 cm³/mol. The minimum absolute atomic E-state index is 0. The van der Waals surface area contributed by atoms with E-state index >= 15 is 0 Å². The molecule has 0 aromatic heterocycles. The number of aliphatic hydroxyl groups is 5. The fraction of sp³-hybridized carbons (Fsp3) is 0.818. The van der Waals surface area contributed by atoms with Gasteiger partial charge in [0.05, 0.1) is 18.8 Å². The molecule has 20 heavy (non-hydrogen) atoms. The summed E-state index contributed by atoms with van der Waals surface area (Å²) in [4.78, 5) is 11.1. The second-order valence-electron chi connectivity index (χ2n) is 4.77. The monoisotopic (exact) mass is 430 g/mol. The Morgan fingerprint density at radius 2 is 2.10 bits per heavy atom. The van der Waals surface area contributed by atoms with Gasteiger partial charge in [0.1, 0.15) is 18.3 Å². The summed E-state index contributed by atoms with van der Waals surface area (Å²) in [6, 6.07) is -1.03. The van der Waals surface area contributed by atoms with Crippen molar-refractivity contribution in [2.24, 2.45) is 0 Å². The molecule has 0 spiro atoms. The maximum atomic E-state index is 11.1. The van der Waals surface area contributed by atoms with Crippen molar-refractivity contribution in [3.63, 3.8) is 0 Å². The molecule has 6 atom stereocenters. The van der Waals surface area contributed by atoms with Crippen LogP contribution in [0.1, 0.15) is 13.3 Å². The summed E-state index contributed by atoms with van der Waals surface area (Å²) in [5.41, 5.74) is 0. The fourth-order valence-electron chi connectivity index (χ4n) is 2.07. The minimum atomic E-state index is -1.95. The molecular weight excluding hydrogens is 408 g/mol. The van der Waals surface area contributed by atoms with Gasteiger partial charge in [0.15, 0.2) is 0 Å². The smallest absolute Gasteiger partial charge is 0.217 e. The molecule has 1 aliphatic rings. The zero-order valence-electron chi connectivity index (χ0n) is 11.0. The van der Waals surface area contributed by atoms with E-state index in [9.17, 15) is 25.2 Å². The van der Waals surface area contributed by atoms with Gasteiger partial charge in [-0.1, -0.05) is 0 Å². The third kappa shape index (κ3) is 5.40. The molecular formula is C11H20NO7Sm-. The molecule has 1 fully saturated rings. The minimum Gasteiger partial charge on any atom is -0.395 e. The van der Waals surface area contributed by atoms with Crippen LogP contribution < -0.4 is 5.32 Å². The molecule has 0 bridgehead atoms. The second kappa shape index (κ2) is 8.27. The summed E-state index contributed by atoms with van der Waals surface area (Å²) in [6.07, 6.45) is -5.94. The van der Waals surface area contributed by atoms with Gasteiger partial charge in [-0.2, -0.15) is 0 Å². The van der Waals surface area contributed by atoms with Crippen LogP contribution in [0.25, 0.3) is 0 Å². The van der Waals surface area contributed by atoms with Gasteiger partial charge in [0, 0.05) is 53.1 Å². The van der Waals surface area contributed by atoms with Crippen LogP contribution in [0, 0.1) is 47.3 Å². The van der Waals surface area contributed by atoms with Crippen LogP contribution in [0.5, 0.6) is 0 Å². The van der Waals surface area contributed by atoms with Crippen LogP contribution in [-0.4, -0.2) is 74.3 Å². The van der Waals surface area contributed by atoms with Gasteiger partial charge < -0.3 is 35.6 Å². The van der Waals surface area contributed by atoms with Gasteiger partial charge in [0.2, 0.25) is 5.91 Å². The Labute approximate surface area is 149 Å². The number of hydrogen-bond acceptors (Lipinski definition) is 7. The van der Waals surface area contributed by atoms with Crippen molar-refractivity contribution in [2.45, 2.75) is 49.6 Å². The Balaban J connectivity index is 0.00000361. The molecule has 9 heteroatoms. The first-order valence-electron chi connectivity index (χ1n) is 5.85. The van der Waals surface area contributed by atoms with E-state index in [1.54, 1.807) is 0 Å². The van der Waals surface area contributed by atoms with E-state index in [-0.39, 0.29) is 46.8 Å². The maximum Gasteiger partial charge on any atom is 0.217 e. The molecule has 0 radical (unpaired) electrons. The number of nitrogens with one attached hydrogen (secondary N) is 1. The van der Waals surface area contributed by atoms with E-state index < -0.39 is 48.8 Å². The van der Waals surface area contributed by atoms with Crippen LogP contribution in [0.4, 0.5) is 0 Å². The SMILES string of the molecule is [CH2-][C@]1(O)C[C@H](O)[C@@H](NC(C)=O)[C@H]([C@H](O)[C@H](O)CO)O1.[Sm]. The molecule has 118 valence electrons. The number of amides is 1. The van der Waals surface area contributed by atoms with Crippen molar-refractivity contribution in [3.05, 3.63) is 6.92 Å². The van der Waals surface area contributed by atoms with Crippen molar-refractivity contribution < 1.29 is 75.5 Å². The third-order valence-electron chi connectivity index (χ3n) is 2.94. The first-order chi connectivity index (χ1) is 8.68. The molecule has 0 aromatic rings. The molecule has 0 unspecified atom stereocenters. The van der Waals surface area contributed by atoms with Gasteiger partial charge in [0.25, 0.3) is 0 Å². The Hall–Kier alpha value is 0.568. The first-order valence-corrected chi connectivity index (χ1v) is 5.85. The van der Waals surface area contributed by atoms with Crippen LogP contribution in [0.2, 0.25) is 0 Å². The van der Waals surface area contributed by atoms with Crippen LogP contribution >= 0.6 is 0 Å². The van der Waals surface area contributed by atoms with E-state index in [0.29, 0.717) is 0 Å². The average molecular weight is 429 g/mol. The Morgan fingerprint density at radius 1 is 1.55 bits per heavy atom. The molecule has 0 aliphatic carbocycles. The Bertz CT molecular complexity index is 328. The summed E-state index contributed by atoms with van der Waals surface area (Å²) in [7, 11) is 0. The average Bonchev–Trinajstić information content (AvgIpc) is 2.29. The third-order valence-corrected chi connectivity index (χ3v) is 2.94. The molecule has 1 aliphatic heterocycles. The number of ether oxygens (including phenoxy) is 1. The van der Waals surface area contributed by atoms with E-state index in [1.807, 2.05) is 0 Å². The Morgan fingerprint density at radius 3 is 2.55 bits per heavy atom. The molecule has 8 nitrogen and oxygen atoms in total. The molecule has 1 heterocycles. The van der Waals surface area contributed by atoms with Crippen LogP contribution in [-0.2, 0) is 9.53 Å². The second-order valence-corrected chi connectivity index (χ2v) is 4.77. The zero-order valence-corrected chi connectivity index (χ0v) is 13.6. The van der Waals surface area contributed by atoms with E-state index in [4.69, 9.17) is 9.84 Å². The van der Waals surface area contributed by atoms with E-state index in [1.165, 1.54) is 6.92 Å². The van der Waals surface area contributed by atoms with Gasteiger partial charge >= 0.3 is 0 Å². The van der Waals surface area contributed by atoms with Crippen molar-refractivity contribution in [2.75, 3.05) is 6.61 Å². The van der Waals surface area contributed by atoms with Gasteiger partial charge in [-0.15, -0.1) is 0 Å². The number of rotatable bonds is 4. The standard InChI is InChI=1S/C11H20NO7.Sm/c1-5(14)12-8-6(15)3-11(2,18)19-10(8)9(17)7(16)4-13;/h6-10,13,15-18H,2-4H2,1H3,(H,12,14);/q-1;/t6-,7+,8+,9+,10+,11+;/m0./s1. The van der Waals surface area contributed by atoms with Gasteiger partial charge in [-0.3, -0.25) is 11.7 Å². The van der Waals surface area contributed by atoms with Crippen molar-refractivity contribution in [1.82, 2.24) is 5.32 Å². The summed E-state index contributed by atoms with van der Waals surface area (Å²) in [5, 5.41) is 50.0. The van der Waals surface area contributed by atoms with E-state index in [2.05, 4.69) is 12.2 Å². The number of aliphatic hydroxyl groups excluding tert-OH is 4. The molecule has 0 aromatic carbocycles. The molecule has 1 saturated heterocycles. The van der Waals surface area contributed by atoms with Crippen molar-refractivity contribution in [1.29, 1.82) is 0 Å². The zero-order chi connectivity index (χ0) is 14.8. The maximum absolute atomic E-state index is 11.1. The number of hydrogen-bond donors (Lipinski definition) is 6. The van der Waals surface area contributed by atoms with Crippen LogP contribution in [0.15, 0.2) is 0 Å². The predicted octanol–water partition coefficient (Wildman–Crippen LogP) is -3.12. The van der Waals surface area contributed by atoms with Crippen molar-refractivity contribution >= 4 is 5.91 Å². The number of carbonyl (C=O) groups is 1. The molecule has 1 rings (SSSR count). The number of carbonyl (C=O) groups excluding carboxylic acids is 1. The first kappa shape index (κ1) is 20.6. The summed E-state index contributed by atoms with van der Waals surface area (Å²) in [5.74, 6) is -2.42. The van der Waals surface area contributed by atoms with Gasteiger partial charge in [-0.05, 0) is 6.42 Å². The van der Waals surface area contributed by atoms with Crippen molar-refractivity contribution in [3.8, 4) is 0 Å². The van der Waals surface area contributed by atoms with Crippen LogP contribution in [0.3, 0.4) is 0 Å². The summed E-state index contributed by atoms with van der Waals surface area (Å²) < 4.78 is 5.09. The molecule has 0 saturated carbocycles. The largest absolute Gasteiger partial charge is 0.395 e.